The molecule has 0 radical (unpaired) electrons. The molecule has 1 aromatic rings. The summed E-state index contributed by atoms with van der Waals surface area (Å²) in [6, 6.07) is 1.88. The fraction of sp³-hybridized carbons (Fsp3) is 0.529. The third-order valence-corrected chi connectivity index (χ3v) is 5.84. The zero-order valence-corrected chi connectivity index (χ0v) is 15.7. The Morgan fingerprint density at radius 2 is 1.74 bits per heavy atom. The molecule has 2 atom stereocenters. The first-order valence-corrected chi connectivity index (χ1v) is 10.3. The minimum atomic E-state index is -3.40. The Hall–Kier alpha value is -2.07. The summed E-state index contributed by atoms with van der Waals surface area (Å²) in [5, 5.41) is 5.16. The molecule has 1 fully saturated rings. The topological polar surface area (TPSA) is 102 Å². The predicted octanol–water partition coefficient (Wildman–Crippen LogP) is 0.332. The monoisotopic (exact) mass is 404 g/mol. The molecule has 2 N–H and O–H groups in total. The van der Waals surface area contributed by atoms with E-state index in [2.05, 4.69) is 10.6 Å². The lowest BCUT2D eigenvalue weighted by Gasteiger charge is -2.20. The number of carbonyl (C=O) groups excluding carboxylic acids is 2. The lowest BCUT2D eigenvalue weighted by molar-refractivity contribution is -0.127. The minimum absolute atomic E-state index is 0.0266. The van der Waals surface area contributed by atoms with E-state index in [1.54, 1.807) is 6.92 Å². The van der Waals surface area contributed by atoms with E-state index < -0.39 is 45.4 Å². The van der Waals surface area contributed by atoms with Crippen molar-refractivity contribution in [3.8, 4) is 0 Å². The lowest BCUT2D eigenvalue weighted by atomic mass is 10.1. The molecular formula is C17H22F2N2O5S. The van der Waals surface area contributed by atoms with E-state index in [1.165, 1.54) is 6.07 Å². The predicted molar refractivity (Wildman–Crippen MR) is 93.7 cm³/mol. The molecule has 1 aromatic carbocycles. The fourth-order valence-corrected chi connectivity index (χ4v) is 4.67. The zero-order chi connectivity index (χ0) is 20.0. The van der Waals surface area contributed by atoms with Crippen molar-refractivity contribution in [3.05, 3.63) is 35.4 Å². The van der Waals surface area contributed by atoms with Gasteiger partial charge in [0.2, 0.25) is 11.8 Å². The second-order valence-electron chi connectivity index (χ2n) is 6.31. The molecule has 27 heavy (non-hydrogen) atoms. The van der Waals surface area contributed by atoms with Crippen molar-refractivity contribution in [3.63, 3.8) is 0 Å². The molecule has 0 bridgehead atoms. The van der Waals surface area contributed by atoms with Crippen LogP contribution in [0.3, 0.4) is 0 Å². The van der Waals surface area contributed by atoms with Crippen LogP contribution >= 0.6 is 0 Å². The van der Waals surface area contributed by atoms with Gasteiger partial charge in [0.05, 0.1) is 23.6 Å². The number of aryl methyl sites for hydroxylation is 1. The maximum absolute atomic E-state index is 13.2. The second kappa shape index (κ2) is 9.23. The Labute approximate surface area is 156 Å². The van der Waals surface area contributed by atoms with Gasteiger partial charge in [-0.05, 0) is 31.0 Å². The van der Waals surface area contributed by atoms with Crippen molar-refractivity contribution in [2.45, 2.75) is 31.8 Å². The van der Waals surface area contributed by atoms with Crippen molar-refractivity contribution < 1.29 is 31.5 Å². The summed E-state index contributed by atoms with van der Waals surface area (Å²) in [7, 11) is -3.40. The van der Waals surface area contributed by atoms with Gasteiger partial charge in [0.25, 0.3) is 0 Å². The standard InChI is InChI=1S/C17H22F2N2O5S/c1-2-26-8-17(23)21-15-10-27(24,25)9-14(15)20-16(22)6-4-11-3-5-12(18)13(19)7-11/h3,5,7,14-15H,2,4,6,8-10H2,1H3,(H,20,22)(H,21,23)/t14-,15-/m1/s1. The van der Waals surface area contributed by atoms with Crippen molar-refractivity contribution in [2.75, 3.05) is 24.7 Å². The van der Waals surface area contributed by atoms with Gasteiger partial charge in [0.1, 0.15) is 6.61 Å². The first-order valence-electron chi connectivity index (χ1n) is 8.51. The highest BCUT2D eigenvalue weighted by atomic mass is 32.2. The zero-order valence-electron chi connectivity index (χ0n) is 14.8. The van der Waals surface area contributed by atoms with E-state index in [1.807, 2.05) is 0 Å². The minimum Gasteiger partial charge on any atom is -0.372 e. The average molecular weight is 404 g/mol. The summed E-state index contributed by atoms with van der Waals surface area (Å²) in [5.41, 5.74) is 0.449. The van der Waals surface area contributed by atoms with Crippen LogP contribution in [0.25, 0.3) is 0 Å². The number of carbonyl (C=O) groups is 2. The van der Waals surface area contributed by atoms with Gasteiger partial charge in [-0.15, -0.1) is 0 Å². The third-order valence-electron chi connectivity index (χ3n) is 4.11. The summed E-state index contributed by atoms with van der Waals surface area (Å²) in [4.78, 5) is 23.9. The number of amides is 2. The van der Waals surface area contributed by atoms with Gasteiger partial charge in [-0.1, -0.05) is 6.07 Å². The Morgan fingerprint density at radius 3 is 2.33 bits per heavy atom. The normalized spacial score (nSPS) is 21.0. The van der Waals surface area contributed by atoms with Crippen LogP contribution in [-0.2, 0) is 30.6 Å². The van der Waals surface area contributed by atoms with Crippen LogP contribution in [0.1, 0.15) is 18.9 Å². The van der Waals surface area contributed by atoms with Crippen LogP contribution in [0, 0.1) is 11.6 Å². The second-order valence-corrected chi connectivity index (χ2v) is 8.46. The molecule has 1 aliphatic rings. The van der Waals surface area contributed by atoms with Gasteiger partial charge in [-0.3, -0.25) is 9.59 Å². The van der Waals surface area contributed by atoms with Crippen LogP contribution < -0.4 is 10.6 Å². The average Bonchev–Trinajstić information content (AvgIpc) is 2.87. The molecule has 0 saturated carbocycles. The molecule has 0 aliphatic carbocycles. The number of hydrogen-bond donors (Lipinski definition) is 2. The summed E-state index contributed by atoms with van der Waals surface area (Å²) >= 11 is 0. The van der Waals surface area contributed by atoms with E-state index in [4.69, 9.17) is 4.74 Å². The smallest absolute Gasteiger partial charge is 0.246 e. The van der Waals surface area contributed by atoms with Crippen molar-refractivity contribution in [2.24, 2.45) is 0 Å². The quantitative estimate of drug-likeness (QED) is 0.650. The molecule has 7 nitrogen and oxygen atoms in total. The number of nitrogens with one attached hydrogen (secondary N) is 2. The van der Waals surface area contributed by atoms with Gasteiger partial charge in [-0.2, -0.15) is 0 Å². The van der Waals surface area contributed by atoms with Crippen LogP contribution in [0.5, 0.6) is 0 Å². The Bertz CT molecular complexity index is 801. The Kier molecular flexibility index (Phi) is 7.25. The van der Waals surface area contributed by atoms with E-state index in [0.717, 1.165) is 12.1 Å². The summed E-state index contributed by atoms with van der Waals surface area (Å²) in [5.74, 6) is -3.40. The molecule has 2 amide bonds. The molecule has 1 aliphatic heterocycles. The first kappa shape index (κ1) is 21.2. The molecule has 0 unspecified atom stereocenters. The molecule has 0 aromatic heterocycles. The van der Waals surface area contributed by atoms with Gasteiger partial charge < -0.3 is 15.4 Å². The molecule has 0 spiro atoms. The molecule has 150 valence electrons. The van der Waals surface area contributed by atoms with Crippen LogP contribution in [0.15, 0.2) is 18.2 Å². The molecule has 2 rings (SSSR count). The summed E-state index contributed by atoms with van der Waals surface area (Å²) in [6.07, 6.45) is 0.144. The van der Waals surface area contributed by atoms with Crippen LogP contribution in [0.2, 0.25) is 0 Å². The maximum atomic E-state index is 13.2. The largest absolute Gasteiger partial charge is 0.372 e. The van der Waals surface area contributed by atoms with Gasteiger partial charge in [0.15, 0.2) is 21.5 Å². The first-order chi connectivity index (χ1) is 12.7. The fourth-order valence-electron chi connectivity index (χ4n) is 2.81. The number of benzene rings is 1. The van der Waals surface area contributed by atoms with Crippen LogP contribution in [-0.4, -0.2) is 57.0 Å². The molecule has 1 heterocycles. The van der Waals surface area contributed by atoms with E-state index in [9.17, 15) is 26.8 Å². The summed E-state index contributed by atoms with van der Waals surface area (Å²) < 4.78 is 54.8. The molecule has 10 heteroatoms. The SMILES string of the molecule is CCOCC(=O)N[C@@H]1CS(=O)(=O)C[C@H]1NC(=O)CCc1ccc(F)c(F)c1. The van der Waals surface area contributed by atoms with Gasteiger partial charge in [-0.25, -0.2) is 17.2 Å². The maximum Gasteiger partial charge on any atom is 0.246 e. The lowest BCUT2D eigenvalue weighted by Crippen LogP contribution is -2.51. The number of ether oxygens (including phenoxy) is 1. The van der Waals surface area contributed by atoms with E-state index in [-0.39, 0.29) is 31.0 Å². The highest BCUT2D eigenvalue weighted by molar-refractivity contribution is 7.91. The number of rotatable bonds is 8. The van der Waals surface area contributed by atoms with E-state index in [0.29, 0.717) is 12.2 Å². The third kappa shape index (κ3) is 6.55. The molecular weight excluding hydrogens is 382 g/mol. The Balaban J connectivity index is 1.90. The number of halogens is 2. The molecule has 1 saturated heterocycles. The van der Waals surface area contributed by atoms with Crippen molar-refractivity contribution >= 4 is 21.7 Å². The van der Waals surface area contributed by atoms with Gasteiger partial charge >= 0.3 is 0 Å². The van der Waals surface area contributed by atoms with Crippen molar-refractivity contribution in [1.82, 2.24) is 10.6 Å². The van der Waals surface area contributed by atoms with Gasteiger partial charge in [0, 0.05) is 13.0 Å². The van der Waals surface area contributed by atoms with E-state index >= 15 is 0 Å². The number of hydrogen-bond acceptors (Lipinski definition) is 5. The Morgan fingerprint density at radius 1 is 1.11 bits per heavy atom. The highest BCUT2D eigenvalue weighted by Gasteiger charge is 2.39. The number of sulfone groups is 1. The van der Waals surface area contributed by atoms with Crippen molar-refractivity contribution in [1.29, 1.82) is 0 Å². The van der Waals surface area contributed by atoms with Crippen LogP contribution in [0.4, 0.5) is 8.78 Å². The summed E-state index contributed by atoms with van der Waals surface area (Å²) in [6.45, 7) is 1.88. The highest BCUT2D eigenvalue weighted by Crippen LogP contribution is 2.14.